The van der Waals surface area contributed by atoms with Crippen LogP contribution >= 0.6 is 22.7 Å². The van der Waals surface area contributed by atoms with E-state index in [1.165, 1.54) is 15.9 Å². The third-order valence-electron chi connectivity index (χ3n) is 5.63. The van der Waals surface area contributed by atoms with Crippen LogP contribution in [0.1, 0.15) is 5.56 Å². The molecule has 0 spiro atoms. The van der Waals surface area contributed by atoms with E-state index in [1.807, 2.05) is 70.9 Å². The summed E-state index contributed by atoms with van der Waals surface area (Å²) in [4.78, 5) is 19.4. The van der Waals surface area contributed by atoms with Gasteiger partial charge in [-0.15, -0.1) is 16.4 Å². The summed E-state index contributed by atoms with van der Waals surface area (Å²) in [5.41, 5.74) is 3.12. The molecule has 2 aromatic carbocycles. The van der Waals surface area contributed by atoms with Crippen molar-refractivity contribution in [2.24, 2.45) is 0 Å². The summed E-state index contributed by atoms with van der Waals surface area (Å²) >= 11 is 2.90. The number of fused-ring (bicyclic) bond motifs is 1. The number of benzene rings is 2. The highest BCUT2D eigenvalue weighted by atomic mass is 32.1. The predicted molar refractivity (Wildman–Crippen MR) is 141 cm³/mol. The Morgan fingerprint density at radius 3 is 2.50 bits per heavy atom. The molecule has 0 aliphatic rings. The predicted octanol–water partition coefficient (Wildman–Crippen LogP) is 4.30. The number of hydrogen-bond acceptors (Lipinski definition) is 8. The maximum absolute atomic E-state index is 13.2. The minimum atomic E-state index is -0.223. The van der Waals surface area contributed by atoms with Crippen LogP contribution in [0.15, 0.2) is 77.0 Å². The van der Waals surface area contributed by atoms with Crippen LogP contribution in [0.4, 0.5) is 0 Å². The van der Waals surface area contributed by atoms with Gasteiger partial charge in [0, 0.05) is 17.3 Å². The Hall–Kier alpha value is -4.28. The lowest BCUT2D eigenvalue weighted by atomic mass is 10.2. The van der Waals surface area contributed by atoms with Gasteiger partial charge in [0.2, 0.25) is 4.96 Å². The molecule has 4 heterocycles. The first kappa shape index (κ1) is 22.2. The molecule has 0 radical (unpaired) electrons. The summed E-state index contributed by atoms with van der Waals surface area (Å²) in [6.07, 6.45) is 3.80. The lowest BCUT2D eigenvalue weighted by molar-refractivity contribution is 0.355. The lowest BCUT2D eigenvalue weighted by Crippen LogP contribution is -2.23. The Morgan fingerprint density at radius 2 is 1.78 bits per heavy atom. The molecule has 6 rings (SSSR count). The number of aromatic nitrogens is 5. The van der Waals surface area contributed by atoms with Gasteiger partial charge in [0.05, 0.1) is 29.3 Å². The summed E-state index contributed by atoms with van der Waals surface area (Å²) in [6, 6.07) is 19.3. The molecule has 8 nitrogen and oxygen atoms in total. The fourth-order valence-corrected chi connectivity index (χ4v) is 5.51. The van der Waals surface area contributed by atoms with Gasteiger partial charge in [0.25, 0.3) is 5.56 Å². The Balaban J connectivity index is 1.44. The largest absolute Gasteiger partial charge is 0.493 e. The number of para-hydroxylation sites is 1. The van der Waals surface area contributed by atoms with Crippen molar-refractivity contribution in [1.29, 1.82) is 0 Å². The molecule has 36 heavy (non-hydrogen) atoms. The minimum absolute atomic E-state index is 0.223. The van der Waals surface area contributed by atoms with E-state index in [-0.39, 0.29) is 5.56 Å². The fraction of sp³-hybridized carbons (Fsp3) is 0.0769. The first-order valence-electron chi connectivity index (χ1n) is 11.0. The molecule has 178 valence electrons. The maximum Gasteiger partial charge on any atom is 0.291 e. The van der Waals surface area contributed by atoms with E-state index >= 15 is 0 Å². The zero-order chi connectivity index (χ0) is 24.6. The molecule has 0 aliphatic heterocycles. The standard InChI is InChI=1S/C26H19N5O3S2/c1-33-19-11-10-16(13-20(19)34-2)24-27-26-31(29-24)25(32)22(36-26)14-17-15-30(18-7-4-3-5-8-18)28-23(17)21-9-6-12-35-21/h3-15H,1-2H3. The van der Waals surface area contributed by atoms with Gasteiger partial charge in [-0.2, -0.15) is 14.6 Å². The quantitative estimate of drug-likeness (QED) is 0.330. The molecule has 0 fully saturated rings. The van der Waals surface area contributed by atoms with E-state index in [9.17, 15) is 4.79 Å². The van der Waals surface area contributed by atoms with E-state index in [2.05, 4.69) is 10.1 Å². The van der Waals surface area contributed by atoms with Crippen LogP contribution in [0.3, 0.4) is 0 Å². The van der Waals surface area contributed by atoms with Gasteiger partial charge in [0.15, 0.2) is 17.3 Å². The molecule has 0 atom stereocenters. The van der Waals surface area contributed by atoms with Crippen LogP contribution in [0.25, 0.3) is 38.7 Å². The van der Waals surface area contributed by atoms with E-state index in [0.29, 0.717) is 26.8 Å². The highest BCUT2D eigenvalue weighted by Gasteiger charge is 2.16. The van der Waals surface area contributed by atoms with Gasteiger partial charge in [-0.1, -0.05) is 35.6 Å². The molecule has 0 saturated heterocycles. The lowest BCUT2D eigenvalue weighted by Gasteiger charge is -2.07. The fourth-order valence-electron chi connectivity index (χ4n) is 3.88. The Bertz CT molecular complexity index is 1790. The van der Waals surface area contributed by atoms with Crippen molar-refractivity contribution >= 4 is 33.7 Å². The van der Waals surface area contributed by atoms with Crippen LogP contribution in [0.5, 0.6) is 11.5 Å². The van der Waals surface area contributed by atoms with Crippen molar-refractivity contribution in [2.75, 3.05) is 14.2 Å². The van der Waals surface area contributed by atoms with Crippen LogP contribution in [0, 0.1) is 0 Å². The first-order valence-corrected chi connectivity index (χ1v) is 12.7. The van der Waals surface area contributed by atoms with E-state index in [0.717, 1.165) is 27.4 Å². The van der Waals surface area contributed by atoms with E-state index < -0.39 is 0 Å². The Morgan fingerprint density at radius 1 is 0.944 bits per heavy atom. The number of rotatable bonds is 6. The SMILES string of the molecule is COc1ccc(-c2nc3sc(=Cc4cn(-c5ccccc5)nc4-c4cccs4)c(=O)n3n2)cc1OC. The molecule has 0 unspecified atom stereocenters. The molecule has 0 aliphatic carbocycles. The maximum atomic E-state index is 13.2. The van der Waals surface area contributed by atoms with Crippen molar-refractivity contribution in [3.05, 3.63) is 92.7 Å². The van der Waals surface area contributed by atoms with Crippen molar-refractivity contribution in [2.45, 2.75) is 0 Å². The zero-order valence-electron chi connectivity index (χ0n) is 19.3. The number of nitrogens with zero attached hydrogens (tertiary/aromatic N) is 5. The van der Waals surface area contributed by atoms with Crippen LogP contribution in [-0.4, -0.2) is 38.6 Å². The van der Waals surface area contributed by atoms with Crippen molar-refractivity contribution in [1.82, 2.24) is 24.4 Å². The molecular weight excluding hydrogens is 494 g/mol. The summed E-state index contributed by atoms with van der Waals surface area (Å²) in [5.74, 6) is 1.63. The highest BCUT2D eigenvalue weighted by molar-refractivity contribution is 7.15. The summed E-state index contributed by atoms with van der Waals surface area (Å²) in [6.45, 7) is 0. The molecule has 0 bridgehead atoms. The zero-order valence-corrected chi connectivity index (χ0v) is 20.9. The van der Waals surface area contributed by atoms with Gasteiger partial charge in [-0.25, -0.2) is 4.68 Å². The monoisotopic (exact) mass is 513 g/mol. The number of methoxy groups -OCH3 is 2. The summed E-state index contributed by atoms with van der Waals surface area (Å²) in [5, 5.41) is 11.3. The Labute approximate surface area is 213 Å². The third-order valence-corrected chi connectivity index (χ3v) is 7.46. The summed E-state index contributed by atoms with van der Waals surface area (Å²) < 4.78 is 14.4. The average Bonchev–Trinajstić information content (AvgIpc) is 3.71. The van der Waals surface area contributed by atoms with Crippen LogP contribution < -0.4 is 19.6 Å². The molecular formula is C26H19N5O3S2. The molecule has 0 amide bonds. The topological polar surface area (TPSA) is 83.5 Å². The number of thiazole rings is 1. The van der Waals surface area contributed by atoms with E-state index in [1.54, 1.807) is 37.7 Å². The number of hydrogen-bond donors (Lipinski definition) is 0. The van der Waals surface area contributed by atoms with Crippen molar-refractivity contribution < 1.29 is 9.47 Å². The van der Waals surface area contributed by atoms with Crippen molar-refractivity contribution in [3.8, 4) is 39.1 Å². The van der Waals surface area contributed by atoms with Crippen LogP contribution in [0.2, 0.25) is 0 Å². The van der Waals surface area contributed by atoms with Gasteiger partial charge in [-0.05, 0) is 47.9 Å². The molecule has 6 aromatic rings. The first-order chi connectivity index (χ1) is 17.6. The van der Waals surface area contributed by atoms with Crippen LogP contribution in [-0.2, 0) is 0 Å². The second kappa shape index (κ2) is 9.06. The highest BCUT2D eigenvalue weighted by Crippen LogP contribution is 2.31. The minimum Gasteiger partial charge on any atom is -0.493 e. The molecule has 10 heteroatoms. The second-order valence-corrected chi connectivity index (χ2v) is 9.76. The Kier molecular flexibility index (Phi) is 5.59. The van der Waals surface area contributed by atoms with Crippen molar-refractivity contribution in [3.63, 3.8) is 0 Å². The normalized spacial score (nSPS) is 11.9. The molecule has 0 N–H and O–H groups in total. The second-order valence-electron chi connectivity index (χ2n) is 7.81. The third kappa shape index (κ3) is 3.86. The number of ether oxygens (including phenoxy) is 2. The summed E-state index contributed by atoms with van der Waals surface area (Å²) in [7, 11) is 3.15. The molecule has 0 saturated carbocycles. The van der Waals surface area contributed by atoms with Gasteiger partial charge in [-0.3, -0.25) is 4.79 Å². The van der Waals surface area contributed by atoms with E-state index in [4.69, 9.17) is 14.6 Å². The molecule has 4 aromatic heterocycles. The van der Waals surface area contributed by atoms with Gasteiger partial charge < -0.3 is 9.47 Å². The number of thiophene rings is 1. The van der Waals surface area contributed by atoms with Gasteiger partial charge >= 0.3 is 0 Å². The average molecular weight is 514 g/mol. The smallest absolute Gasteiger partial charge is 0.291 e. The van der Waals surface area contributed by atoms with Gasteiger partial charge in [0.1, 0.15) is 5.69 Å².